The first-order valence-electron chi connectivity index (χ1n) is 11.3. The molecule has 3 fully saturated rings. The van der Waals surface area contributed by atoms with Crippen molar-refractivity contribution in [3.63, 3.8) is 0 Å². The number of rotatable bonds is 2. The van der Waals surface area contributed by atoms with Gasteiger partial charge in [0.2, 0.25) is 0 Å². The highest BCUT2D eigenvalue weighted by atomic mass is 28.4. The number of piperidine rings is 1. The standard InChI is InChI=1S/C22H44N2O2Si/c1-17-7-11-21(12-8-17)15-18(23)16-22(24(21)25)13-9-19(10-14-22)26-27(5,6)20(2,3)4/h17-19,25H,7-16,23H2,1-6H3. The first kappa shape index (κ1) is 21.8. The number of hydrogen-bond donors (Lipinski definition) is 2. The van der Waals surface area contributed by atoms with E-state index in [0.29, 0.717) is 6.10 Å². The Hall–Kier alpha value is 0.0569. The van der Waals surface area contributed by atoms with Crippen LogP contribution in [0, 0.1) is 5.92 Å². The van der Waals surface area contributed by atoms with Crippen molar-refractivity contribution >= 4 is 8.32 Å². The van der Waals surface area contributed by atoms with Crippen LogP contribution in [-0.2, 0) is 4.43 Å². The number of nitrogens with two attached hydrogens (primary N) is 1. The van der Waals surface area contributed by atoms with Gasteiger partial charge in [-0.25, -0.2) is 0 Å². The van der Waals surface area contributed by atoms with E-state index in [1.165, 1.54) is 12.8 Å². The van der Waals surface area contributed by atoms with Gasteiger partial charge >= 0.3 is 0 Å². The molecule has 2 aliphatic carbocycles. The Bertz CT molecular complexity index is 515. The molecule has 5 heteroatoms. The Morgan fingerprint density at radius 1 is 0.963 bits per heavy atom. The molecule has 0 amide bonds. The van der Waals surface area contributed by atoms with E-state index in [4.69, 9.17) is 10.2 Å². The molecule has 1 atom stereocenters. The molecule has 0 bridgehead atoms. The summed E-state index contributed by atoms with van der Waals surface area (Å²) in [7, 11) is -1.73. The van der Waals surface area contributed by atoms with Gasteiger partial charge in [0.05, 0.1) is 0 Å². The predicted octanol–water partition coefficient (Wildman–Crippen LogP) is 5.45. The molecule has 3 rings (SSSR count). The van der Waals surface area contributed by atoms with E-state index >= 15 is 0 Å². The van der Waals surface area contributed by atoms with Gasteiger partial charge in [0.15, 0.2) is 8.32 Å². The van der Waals surface area contributed by atoms with Crippen LogP contribution in [-0.4, -0.2) is 41.8 Å². The van der Waals surface area contributed by atoms with Crippen LogP contribution in [0.3, 0.4) is 0 Å². The quantitative estimate of drug-likeness (QED) is 0.609. The van der Waals surface area contributed by atoms with Crippen molar-refractivity contribution in [2.75, 3.05) is 0 Å². The molecule has 0 aromatic heterocycles. The minimum Gasteiger partial charge on any atom is -0.414 e. The molecule has 0 radical (unpaired) electrons. The molecule has 1 heterocycles. The second-order valence-corrected chi connectivity index (χ2v) is 16.4. The molecule has 0 aromatic carbocycles. The van der Waals surface area contributed by atoms with E-state index in [1.54, 1.807) is 0 Å². The topological polar surface area (TPSA) is 58.7 Å². The summed E-state index contributed by atoms with van der Waals surface area (Å²) >= 11 is 0. The van der Waals surface area contributed by atoms with Crippen molar-refractivity contribution in [1.82, 2.24) is 5.06 Å². The molecule has 4 nitrogen and oxygen atoms in total. The summed E-state index contributed by atoms with van der Waals surface area (Å²) in [4.78, 5) is 0. The molecular weight excluding hydrogens is 352 g/mol. The van der Waals surface area contributed by atoms with E-state index in [0.717, 1.165) is 57.3 Å². The minimum atomic E-state index is -1.73. The third kappa shape index (κ3) is 4.18. The van der Waals surface area contributed by atoms with Gasteiger partial charge in [0, 0.05) is 23.2 Å². The van der Waals surface area contributed by atoms with E-state index < -0.39 is 8.32 Å². The monoisotopic (exact) mass is 396 g/mol. The van der Waals surface area contributed by atoms with Gasteiger partial charge in [0.25, 0.3) is 0 Å². The first-order valence-corrected chi connectivity index (χ1v) is 14.2. The van der Waals surface area contributed by atoms with Gasteiger partial charge in [0.1, 0.15) is 0 Å². The second kappa shape index (κ2) is 7.39. The fourth-order valence-corrected chi connectivity index (χ4v) is 7.12. The summed E-state index contributed by atoms with van der Waals surface area (Å²) in [5, 5.41) is 13.6. The summed E-state index contributed by atoms with van der Waals surface area (Å²) in [6.07, 6.45) is 11.1. The molecule has 1 aliphatic heterocycles. The van der Waals surface area contributed by atoms with Crippen LogP contribution < -0.4 is 5.73 Å². The zero-order chi connectivity index (χ0) is 20.1. The summed E-state index contributed by atoms with van der Waals surface area (Å²) in [5.41, 5.74) is 6.38. The van der Waals surface area contributed by atoms with Crippen LogP contribution in [0.2, 0.25) is 18.1 Å². The molecule has 1 unspecified atom stereocenters. The smallest absolute Gasteiger partial charge is 0.192 e. The van der Waals surface area contributed by atoms with E-state index in [2.05, 4.69) is 40.8 Å². The summed E-state index contributed by atoms with van der Waals surface area (Å²) in [6, 6.07) is 0.222. The Morgan fingerprint density at radius 3 is 1.85 bits per heavy atom. The predicted molar refractivity (Wildman–Crippen MR) is 114 cm³/mol. The Labute approximate surface area is 168 Å². The lowest BCUT2D eigenvalue weighted by Gasteiger charge is -2.60. The molecule has 1 saturated heterocycles. The minimum absolute atomic E-state index is 0.0721. The van der Waals surface area contributed by atoms with Crippen LogP contribution in [0.15, 0.2) is 0 Å². The van der Waals surface area contributed by atoms with Crippen molar-refractivity contribution in [2.45, 2.75) is 133 Å². The zero-order valence-corrected chi connectivity index (χ0v) is 19.7. The van der Waals surface area contributed by atoms with Crippen molar-refractivity contribution in [2.24, 2.45) is 11.7 Å². The number of hydroxylamine groups is 2. The average molecular weight is 397 g/mol. The van der Waals surface area contributed by atoms with Crippen LogP contribution >= 0.6 is 0 Å². The zero-order valence-electron chi connectivity index (χ0n) is 18.7. The summed E-state index contributed by atoms with van der Waals surface area (Å²) < 4.78 is 6.70. The highest BCUT2D eigenvalue weighted by Gasteiger charge is 2.55. The fraction of sp³-hybridized carbons (Fsp3) is 1.00. The third-order valence-corrected chi connectivity index (χ3v) is 13.1. The molecule has 3 N–H and O–H groups in total. The lowest BCUT2D eigenvalue weighted by Crippen LogP contribution is -2.68. The highest BCUT2D eigenvalue weighted by Crippen LogP contribution is 2.51. The normalized spacial score (nSPS) is 42.0. The number of hydrogen-bond acceptors (Lipinski definition) is 4. The van der Waals surface area contributed by atoms with Crippen LogP contribution in [0.25, 0.3) is 0 Å². The van der Waals surface area contributed by atoms with Gasteiger partial charge in [-0.15, -0.1) is 0 Å². The highest BCUT2D eigenvalue weighted by molar-refractivity contribution is 6.74. The molecule has 27 heavy (non-hydrogen) atoms. The maximum atomic E-state index is 11.5. The molecule has 0 aromatic rings. The van der Waals surface area contributed by atoms with Gasteiger partial charge in [-0.1, -0.05) is 27.7 Å². The van der Waals surface area contributed by atoms with Crippen LogP contribution in [0.4, 0.5) is 0 Å². The molecule has 2 spiro atoms. The van der Waals surface area contributed by atoms with Crippen molar-refractivity contribution < 1.29 is 9.63 Å². The Morgan fingerprint density at radius 2 is 1.41 bits per heavy atom. The van der Waals surface area contributed by atoms with Crippen LogP contribution in [0.1, 0.15) is 91.9 Å². The average Bonchev–Trinajstić information content (AvgIpc) is 2.56. The van der Waals surface area contributed by atoms with Crippen molar-refractivity contribution in [3.8, 4) is 0 Å². The summed E-state index contributed by atoms with van der Waals surface area (Å²) in [6.45, 7) is 14.0. The fourth-order valence-electron chi connectivity index (χ4n) is 5.70. The van der Waals surface area contributed by atoms with Gasteiger partial charge < -0.3 is 15.4 Å². The lowest BCUT2D eigenvalue weighted by atomic mass is 9.64. The van der Waals surface area contributed by atoms with E-state index in [9.17, 15) is 5.21 Å². The van der Waals surface area contributed by atoms with E-state index in [1.807, 2.05) is 5.06 Å². The molecule has 158 valence electrons. The maximum absolute atomic E-state index is 11.5. The van der Waals surface area contributed by atoms with Crippen LogP contribution in [0.5, 0.6) is 0 Å². The van der Waals surface area contributed by atoms with Gasteiger partial charge in [-0.3, -0.25) is 0 Å². The third-order valence-electron chi connectivity index (χ3n) is 8.52. The largest absolute Gasteiger partial charge is 0.414 e. The number of nitrogens with zero attached hydrogens (tertiary/aromatic N) is 1. The van der Waals surface area contributed by atoms with Crippen molar-refractivity contribution in [3.05, 3.63) is 0 Å². The van der Waals surface area contributed by atoms with Gasteiger partial charge in [-0.2, -0.15) is 5.06 Å². The van der Waals surface area contributed by atoms with E-state index in [-0.39, 0.29) is 22.2 Å². The SMILES string of the molecule is CC1CCC2(CC1)CC(N)CC1(CCC(O[Si](C)(C)C(C)(C)C)CC1)N2O. The summed E-state index contributed by atoms with van der Waals surface area (Å²) in [5.74, 6) is 0.784. The lowest BCUT2D eigenvalue weighted by molar-refractivity contribution is -0.283. The second-order valence-electron chi connectivity index (χ2n) is 11.7. The Balaban J connectivity index is 1.69. The van der Waals surface area contributed by atoms with Crippen molar-refractivity contribution in [1.29, 1.82) is 0 Å². The maximum Gasteiger partial charge on any atom is 0.192 e. The Kier molecular flexibility index (Phi) is 5.95. The van der Waals surface area contributed by atoms with Gasteiger partial charge in [-0.05, 0) is 88.3 Å². The molecule has 2 saturated carbocycles. The molecular formula is C22H44N2O2Si. The first-order chi connectivity index (χ1) is 12.4. The molecule has 3 aliphatic rings.